The molecule has 1 atom stereocenters. The van der Waals surface area contributed by atoms with Gasteiger partial charge in [-0.3, -0.25) is 0 Å². The van der Waals surface area contributed by atoms with E-state index in [1.807, 2.05) is 0 Å². The van der Waals surface area contributed by atoms with Crippen LogP contribution in [0, 0.1) is 12.7 Å². The van der Waals surface area contributed by atoms with E-state index >= 15 is 0 Å². The van der Waals surface area contributed by atoms with Crippen LogP contribution in [-0.2, 0) is 0 Å². The highest BCUT2D eigenvalue weighted by Gasteiger charge is 2.36. The van der Waals surface area contributed by atoms with Gasteiger partial charge in [0.2, 0.25) is 3.79 Å². The van der Waals surface area contributed by atoms with E-state index in [9.17, 15) is 9.18 Å². The molecule has 1 aliphatic rings. The number of rotatable bonds is 2. The maximum atomic E-state index is 13.8. The molecule has 0 aliphatic carbocycles. The van der Waals surface area contributed by atoms with E-state index in [1.165, 1.54) is 6.07 Å². The fourth-order valence-electron chi connectivity index (χ4n) is 2.45. The monoisotopic (exact) mass is 366 g/mol. The van der Waals surface area contributed by atoms with Gasteiger partial charge < -0.3 is 10.2 Å². The molecular formula is C15H18Cl3FN2O. The van der Waals surface area contributed by atoms with Gasteiger partial charge in [-0.1, -0.05) is 46.9 Å². The van der Waals surface area contributed by atoms with Crippen LogP contribution in [0.25, 0.3) is 0 Å². The summed E-state index contributed by atoms with van der Waals surface area (Å²) < 4.78 is 12.0. The molecule has 22 heavy (non-hydrogen) atoms. The number of aryl methyl sites for hydroxylation is 1. The van der Waals surface area contributed by atoms with Gasteiger partial charge in [-0.05, 0) is 43.4 Å². The van der Waals surface area contributed by atoms with E-state index in [1.54, 1.807) is 24.0 Å². The number of benzene rings is 1. The number of amides is 2. The third-order valence-corrected chi connectivity index (χ3v) is 4.42. The molecule has 1 aromatic carbocycles. The second kappa shape index (κ2) is 7.24. The topological polar surface area (TPSA) is 32.3 Å². The number of halogens is 4. The molecule has 3 nitrogen and oxygen atoms in total. The van der Waals surface area contributed by atoms with Gasteiger partial charge in [0.15, 0.2) is 0 Å². The first-order valence-electron chi connectivity index (χ1n) is 7.17. The number of nitrogens with one attached hydrogen (secondary N) is 1. The molecule has 0 radical (unpaired) electrons. The molecule has 2 amide bonds. The Morgan fingerprint density at radius 2 is 1.91 bits per heavy atom. The molecule has 1 saturated heterocycles. The minimum atomic E-state index is -1.77. The van der Waals surface area contributed by atoms with E-state index < -0.39 is 15.7 Å². The summed E-state index contributed by atoms with van der Waals surface area (Å²) in [6.45, 7) is 3.01. The zero-order chi connectivity index (χ0) is 16.3. The maximum absolute atomic E-state index is 13.8. The van der Waals surface area contributed by atoms with E-state index in [2.05, 4.69) is 5.32 Å². The summed E-state index contributed by atoms with van der Waals surface area (Å²) in [6.07, 6.45) is 3.04. The van der Waals surface area contributed by atoms with Gasteiger partial charge >= 0.3 is 6.03 Å². The van der Waals surface area contributed by atoms with Gasteiger partial charge in [0.25, 0.3) is 0 Å². The van der Waals surface area contributed by atoms with Crippen LogP contribution in [0.15, 0.2) is 18.2 Å². The van der Waals surface area contributed by atoms with Crippen LogP contribution in [0.5, 0.6) is 0 Å². The predicted molar refractivity (Wildman–Crippen MR) is 88.1 cm³/mol. The van der Waals surface area contributed by atoms with Crippen LogP contribution < -0.4 is 5.32 Å². The summed E-state index contributed by atoms with van der Waals surface area (Å²) in [5, 5.41) is 2.71. The Bertz CT molecular complexity index is 542. The maximum Gasteiger partial charge on any atom is 0.318 e. The van der Waals surface area contributed by atoms with Crippen LogP contribution in [0.1, 0.15) is 36.4 Å². The number of hydrogen-bond acceptors (Lipinski definition) is 1. The Morgan fingerprint density at radius 1 is 1.27 bits per heavy atom. The summed E-state index contributed by atoms with van der Waals surface area (Å²) in [4.78, 5) is 14.0. The highest BCUT2D eigenvalue weighted by atomic mass is 35.6. The van der Waals surface area contributed by atoms with E-state index in [-0.39, 0.29) is 6.03 Å². The Kier molecular flexibility index (Phi) is 5.81. The van der Waals surface area contributed by atoms with Crippen LogP contribution in [-0.4, -0.2) is 27.8 Å². The fourth-order valence-corrected chi connectivity index (χ4v) is 3.00. The van der Waals surface area contributed by atoms with Gasteiger partial charge in [0, 0.05) is 13.1 Å². The zero-order valence-electron chi connectivity index (χ0n) is 12.2. The second-order valence-electron chi connectivity index (χ2n) is 5.48. The normalized spacial score (nSPS) is 17.2. The predicted octanol–water partition coefficient (Wildman–Crippen LogP) is 4.74. The fraction of sp³-hybridized carbons (Fsp3) is 0.533. The molecule has 1 N–H and O–H groups in total. The largest absolute Gasteiger partial charge is 0.327 e. The number of carbonyl (C=O) groups excluding carboxylic acids is 1. The highest BCUT2D eigenvalue weighted by molar-refractivity contribution is 6.68. The van der Waals surface area contributed by atoms with Gasteiger partial charge in [-0.15, -0.1) is 0 Å². The van der Waals surface area contributed by atoms with Crippen molar-refractivity contribution < 1.29 is 9.18 Å². The van der Waals surface area contributed by atoms with Crippen LogP contribution in [0.4, 0.5) is 9.18 Å². The van der Waals surface area contributed by atoms with E-state index in [0.29, 0.717) is 24.2 Å². The molecule has 0 spiro atoms. The van der Waals surface area contributed by atoms with Crippen molar-refractivity contribution in [2.75, 3.05) is 13.1 Å². The van der Waals surface area contributed by atoms with E-state index in [0.717, 1.165) is 19.3 Å². The first-order chi connectivity index (χ1) is 10.3. The lowest BCUT2D eigenvalue weighted by Gasteiger charge is -2.32. The smallest absolute Gasteiger partial charge is 0.318 e. The number of likely N-dealkylation sites (tertiary alicyclic amines) is 1. The van der Waals surface area contributed by atoms with Crippen molar-refractivity contribution in [2.24, 2.45) is 0 Å². The number of urea groups is 1. The van der Waals surface area contributed by atoms with Crippen molar-refractivity contribution in [1.29, 1.82) is 0 Å². The molecular weight excluding hydrogens is 350 g/mol. The van der Waals surface area contributed by atoms with Crippen LogP contribution in [0.3, 0.4) is 0 Å². The molecule has 1 aliphatic heterocycles. The van der Waals surface area contributed by atoms with Crippen molar-refractivity contribution in [3.8, 4) is 0 Å². The molecule has 0 aromatic heterocycles. The molecule has 7 heteroatoms. The molecule has 122 valence electrons. The van der Waals surface area contributed by atoms with Crippen molar-refractivity contribution in [3.63, 3.8) is 0 Å². The number of nitrogens with zero attached hydrogens (tertiary/aromatic N) is 1. The Hall–Kier alpha value is -0.710. The van der Waals surface area contributed by atoms with Crippen molar-refractivity contribution in [3.05, 3.63) is 35.1 Å². The lowest BCUT2D eigenvalue weighted by molar-refractivity contribution is 0.182. The summed E-state index contributed by atoms with van der Waals surface area (Å²) >= 11 is 18.0. The van der Waals surface area contributed by atoms with Crippen molar-refractivity contribution in [1.82, 2.24) is 10.2 Å². The number of carbonyl (C=O) groups is 1. The molecule has 1 fully saturated rings. The minimum absolute atomic E-state index is 0.294. The number of piperidine rings is 1. The summed E-state index contributed by atoms with van der Waals surface area (Å²) in [7, 11) is 0. The van der Waals surface area contributed by atoms with Gasteiger partial charge in [-0.25, -0.2) is 9.18 Å². The quantitative estimate of drug-likeness (QED) is 0.752. The molecule has 1 aromatic rings. The summed E-state index contributed by atoms with van der Waals surface area (Å²) in [5.74, 6) is -0.399. The van der Waals surface area contributed by atoms with Crippen LogP contribution in [0.2, 0.25) is 0 Å². The molecule has 0 bridgehead atoms. The Balaban J connectivity index is 2.19. The lowest BCUT2D eigenvalue weighted by atomic mass is 10.1. The molecule has 0 saturated carbocycles. The standard InChI is InChI=1S/C15H18Cl3FN2O/c1-10-5-6-11(9-12(10)19)13(15(16,17)18)20-14(22)21-7-3-2-4-8-21/h5-6,9,13H,2-4,7-8H2,1H3,(H,20,22). The first-order valence-corrected chi connectivity index (χ1v) is 8.30. The number of hydrogen-bond donors (Lipinski definition) is 1. The second-order valence-corrected chi connectivity index (χ2v) is 7.85. The van der Waals surface area contributed by atoms with Gasteiger partial charge in [-0.2, -0.15) is 0 Å². The van der Waals surface area contributed by atoms with Gasteiger partial charge in [0.05, 0.1) is 0 Å². The Morgan fingerprint density at radius 3 is 2.45 bits per heavy atom. The minimum Gasteiger partial charge on any atom is -0.327 e. The first kappa shape index (κ1) is 17.6. The molecule has 1 unspecified atom stereocenters. The van der Waals surface area contributed by atoms with Crippen LogP contribution >= 0.6 is 34.8 Å². The lowest BCUT2D eigenvalue weighted by Crippen LogP contribution is -2.46. The SMILES string of the molecule is Cc1ccc(C(NC(=O)N2CCCCC2)C(Cl)(Cl)Cl)cc1F. The van der Waals surface area contributed by atoms with E-state index in [4.69, 9.17) is 34.8 Å². The summed E-state index contributed by atoms with van der Waals surface area (Å²) in [5.41, 5.74) is 0.919. The average molecular weight is 368 g/mol. The third-order valence-electron chi connectivity index (χ3n) is 3.77. The van der Waals surface area contributed by atoms with Crippen molar-refractivity contribution in [2.45, 2.75) is 36.0 Å². The molecule has 2 rings (SSSR count). The van der Waals surface area contributed by atoms with Gasteiger partial charge in [0.1, 0.15) is 11.9 Å². The third kappa shape index (κ3) is 4.40. The zero-order valence-corrected chi connectivity index (χ0v) is 14.5. The highest BCUT2D eigenvalue weighted by Crippen LogP contribution is 2.40. The average Bonchev–Trinajstić information content (AvgIpc) is 2.47. The summed E-state index contributed by atoms with van der Waals surface area (Å²) in [6, 6.07) is 3.33. The number of alkyl halides is 3. The Labute approximate surface area is 144 Å². The van der Waals surface area contributed by atoms with Crippen molar-refractivity contribution >= 4 is 40.8 Å². The molecule has 1 heterocycles.